The molecule has 1 heterocycles. The number of benzene rings is 2. The van der Waals surface area contributed by atoms with Crippen molar-refractivity contribution in [3.8, 4) is 0 Å². The Morgan fingerprint density at radius 2 is 1.68 bits per heavy atom. The van der Waals surface area contributed by atoms with Crippen LogP contribution in [0.1, 0.15) is 11.1 Å². The highest BCUT2D eigenvalue weighted by Gasteiger charge is 2.04. The standard InChI is InChI=1S/C17H16OS/c1-2-6-14(7-3-1)10-11-19-13-15-12-18-17-9-5-4-8-16(15)17/h1-9,12H,10-11,13H2. The molecule has 0 bridgehead atoms. The Morgan fingerprint density at radius 1 is 0.895 bits per heavy atom. The van der Waals surface area contributed by atoms with Crippen molar-refractivity contribution in [3.63, 3.8) is 0 Å². The van der Waals surface area contributed by atoms with Crippen LogP contribution in [0.5, 0.6) is 0 Å². The van der Waals surface area contributed by atoms with Crippen molar-refractivity contribution in [1.29, 1.82) is 0 Å². The van der Waals surface area contributed by atoms with Gasteiger partial charge >= 0.3 is 0 Å². The Morgan fingerprint density at radius 3 is 2.58 bits per heavy atom. The SMILES string of the molecule is c1ccc(CCSCc2coc3ccccc23)cc1. The quantitative estimate of drug-likeness (QED) is 0.610. The van der Waals surface area contributed by atoms with E-state index in [1.807, 2.05) is 30.2 Å². The van der Waals surface area contributed by atoms with E-state index in [4.69, 9.17) is 4.42 Å². The summed E-state index contributed by atoms with van der Waals surface area (Å²) in [5.41, 5.74) is 3.70. The first-order chi connectivity index (χ1) is 9.43. The number of rotatable bonds is 5. The summed E-state index contributed by atoms with van der Waals surface area (Å²) in [5.74, 6) is 2.16. The monoisotopic (exact) mass is 268 g/mol. The molecule has 19 heavy (non-hydrogen) atoms. The average molecular weight is 268 g/mol. The fourth-order valence-corrected chi connectivity index (χ4v) is 3.13. The molecule has 0 amide bonds. The lowest BCUT2D eigenvalue weighted by atomic mass is 10.2. The molecule has 0 fully saturated rings. The fourth-order valence-electron chi connectivity index (χ4n) is 2.16. The average Bonchev–Trinajstić information content (AvgIpc) is 2.88. The van der Waals surface area contributed by atoms with Crippen molar-refractivity contribution in [1.82, 2.24) is 0 Å². The molecule has 0 aliphatic heterocycles. The number of hydrogen-bond donors (Lipinski definition) is 0. The first-order valence-electron chi connectivity index (χ1n) is 6.50. The van der Waals surface area contributed by atoms with Gasteiger partial charge in [0.25, 0.3) is 0 Å². The maximum absolute atomic E-state index is 5.55. The lowest BCUT2D eigenvalue weighted by Crippen LogP contribution is -1.88. The molecular weight excluding hydrogens is 252 g/mol. The van der Waals surface area contributed by atoms with Gasteiger partial charge in [-0.1, -0.05) is 48.5 Å². The van der Waals surface area contributed by atoms with E-state index in [9.17, 15) is 0 Å². The molecule has 2 aromatic carbocycles. The largest absolute Gasteiger partial charge is 0.464 e. The second-order valence-electron chi connectivity index (χ2n) is 4.55. The van der Waals surface area contributed by atoms with Gasteiger partial charge in [-0.2, -0.15) is 11.8 Å². The molecule has 0 saturated heterocycles. The van der Waals surface area contributed by atoms with Crippen LogP contribution in [-0.4, -0.2) is 5.75 Å². The molecule has 3 aromatic rings. The number of fused-ring (bicyclic) bond motifs is 1. The number of aryl methyl sites for hydroxylation is 1. The molecule has 0 atom stereocenters. The molecule has 2 heteroatoms. The fraction of sp³-hybridized carbons (Fsp3) is 0.176. The van der Waals surface area contributed by atoms with Gasteiger partial charge < -0.3 is 4.42 Å². The highest BCUT2D eigenvalue weighted by Crippen LogP contribution is 2.24. The van der Waals surface area contributed by atoms with Crippen molar-refractivity contribution in [3.05, 3.63) is 72.0 Å². The van der Waals surface area contributed by atoms with E-state index < -0.39 is 0 Å². The minimum absolute atomic E-state index is 0.987. The van der Waals surface area contributed by atoms with Crippen LogP contribution in [0.3, 0.4) is 0 Å². The Labute approximate surface area is 117 Å². The summed E-state index contributed by atoms with van der Waals surface area (Å²) in [7, 11) is 0. The van der Waals surface area contributed by atoms with Crippen molar-refractivity contribution >= 4 is 22.7 Å². The highest BCUT2D eigenvalue weighted by molar-refractivity contribution is 7.98. The van der Waals surface area contributed by atoms with E-state index in [0.29, 0.717) is 0 Å². The Kier molecular flexibility index (Phi) is 3.89. The van der Waals surface area contributed by atoms with Gasteiger partial charge in [-0.25, -0.2) is 0 Å². The predicted octanol–water partition coefficient (Wildman–Crippen LogP) is 4.91. The molecule has 0 spiro atoms. The molecule has 0 aliphatic carbocycles. The zero-order valence-corrected chi connectivity index (χ0v) is 11.5. The lowest BCUT2D eigenvalue weighted by Gasteiger charge is -2.01. The van der Waals surface area contributed by atoms with Crippen LogP contribution in [0.2, 0.25) is 0 Å². The summed E-state index contributed by atoms with van der Waals surface area (Å²) in [6.45, 7) is 0. The van der Waals surface area contributed by atoms with E-state index in [2.05, 4.69) is 42.5 Å². The van der Waals surface area contributed by atoms with E-state index >= 15 is 0 Å². The Bertz CT molecular complexity index is 642. The second-order valence-corrected chi connectivity index (χ2v) is 5.65. The minimum Gasteiger partial charge on any atom is -0.464 e. The molecule has 96 valence electrons. The van der Waals surface area contributed by atoms with Gasteiger partial charge in [0, 0.05) is 16.7 Å². The smallest absolute Gasteiger partial charge is 0.134 e. The molecule has 0 aliphatic rings. The molecule has 0 radical (unpaired) electrons. The van der Waals surface area contributed by atoms with Crippen LogP contribution >= 0.6 is 11.8 Å². The van der Waals surface area contributed by atoms with Gasteiger partial charge in [0.15, 0.2) is 0 Å². The predicted molar refractivity (Wildman–Crippen MR) is 82.5 cm³/mol. The Hall–Kier alpha value is -1.67. The topological polar surface area (TPSA) is 13.1 Å². The van der Waals surface area contributed by atoms with Crippen molar-refractivity contribution in [2.75, 3.05) is 5.75 Å². The normalized spacial score (nSPS) is 10.9. The van der Waals surface area contributed by atoms with Crippen molar-refractivity contribution in [2.24, 2.45) is 0 Å². The third-order valence-electron chi connectivity index (χ3n) is 3.20. The summed E-state index contributed by atoms with van der Waals surface area (Å²) in [6.07, 6.45) is 3.02. The van der Waals surface area contributed by atoms with Gasteiger partial charge in [-0.05, 0) is 23.8 Å². The highest BCUT2D eigenvalue weighted by atomic mass is 32.2. The molecule has 1 aromatic heterocycles. The zero-order chi connectivity index (χ0) is 12.9. The number of para-hydroxylation sites is 1. The molecular formula is C17H16OS. The first-order valence-corrected chi connectivity index (χ1v) is 7.66. The third-order valence-corrected chi connectivity index (χ3v) is 4.20. The van der Waals surface area contributed by atoms with Gasteiger partial charge in [0.05, 0.1) is 6.26 Å². The molecule has 1 nitrogen and oxygen atoms in total. The van der Waals surface area contributed by atoms with E-state index in [1.54, 1.807) is 0 Å². The van der Waals surface area contributed by atoms with Crippen LogP contribution in [0.4, 0.5) is 0 Å². The number of thioether (sulfide) groups is 1. The second kappa shape index (κ2) is 5.98. The zero-order valence-electron chi connectivity index (χ0n) is 10.7. The minimum atomic E-state index is 0.987. The number of furan rings is 1. The van der Waals surface area contributed by atoms with E-state index in [1.165, 1.54) is 16.5 Å². The van der Waals surface area contributed by atoms with Crippen LogP contribution in [0.25, 0.3) is 11.0 Å². The molecule has 3 rings (SSSR count). The summed E-state index contributed by atoms with van der Waals surface area (Å²) in [5, 5.41) is 1.25. The van der Waals surface area contributed by atoms with Gasteiger partial charge in [0.1, 0.15) is 5.58 Å². The van der Waals surface area contributed by atoms with E-state index in [0.717, 1.165) is 23.5 Å². The lowest BCUT2D eigenvalue weighted by molar-refractivity contribution is 0.612. The molecule has 0 saturated carbocycles. The van der Waals surface area contributed by atoms with Crippen molar-refractivity contribution in [2.45, 2.75) is 12.2 Å². The summed E-state index contributed by atoms with van der Waals surface area (Å²) < 4.78 is 5.55. The van der Waals surface area contributed by atoms with Crippen LogP contribution in [0.15, 0.2) is 65.3 Å². The van der Waals surface area contributed by atoms with Crippen LogP contribution in [-0.2, 0) is 12.2 Å². The van der Waals surface area contributed by atoms with Crippen LogP contribution < -0.4 is 0 Å². The van der Waals surface area contributed by atoms with Crippen LogP contribution in [0, 0.1) is 0 Å². The Balaban J connectivity index is 1.55. The van der Waals surface area contributed by atoms with Gasteiger partial charge in [-0.15, -0.1) is 0 Å². The van der Waals surface area contributed by atoms with Gasteiger partial charge in [0.2, 0.25) is 0 Å². The third kappa shape index (κ3) is 3.02. The molecule has 0 N–H and O–H groups in total. The first kappa shape index (κ1) is 12.4. The maximum atomic E-state index is 5.55. The van der Waals surface area contributed by atoms with E-state index in [-0.39, 0.29) is 0 Å². The van der Waals surface area contributed by atoms with Gasteiger partial charge in [-0.3, -0.25) is 0 Å². The summed E-state index contributed by atoms with van der Waals surface area (Å²) >= 11 is 1.96. The maximum Gasteiger partial charge on any atom is 0.134 e. The number of hydrogen-bond acceptors (Lipinski definition) is 2. The van der Waals surface area contributed by atoms with Crippen molar-refractivity contribution < 1.29 is 4.42 Å². The molecule has 0 unspecified atom stereocenters. The summed E-state index contributed by atoms with van der Waals surface area (Å²) in [6, 6.07) is 18.9. The summed E-state index contributed by atoms with van der Waals surface area (Å²) in [4.78, 5) is 0.